The van der Waals surface area contributed by atoms with E-state index in [1.807, 2.05) is 35.2 Å². The van der Waals surface area contributed by atoms with Crippen molar-refractivity contribution in [2.75, 3.05) is 6.67 Å². The Kier molecular flexibility index (Phi) is 4.59. The zero-order valence-corrected chi connectivity index (χ0v) is 12.1. The van der Waals surface area contributed by atoms with Gasteiger partial charge in [-0.25, -0.2) is 0 Å². The molecule has 2 unspecified atom stereocenters. The number of hydrogen-bond acceptors (Lipinski definition) is 2. The third-order valence-electron chi connectivity index (χ3n) is 3.82. The second kappa shape index (κ2) is 6.20. The van der Waals surface area contributed by atoms with Crippen molar-refractivity contribution < 1.29 is 4.79 Å². The molecule has 1 fully saturated rings. The molecule has 1 saturated heterocycles. The largest absolute Gasteiger partial charge is 0.326 e. The average molecular weight is 260 g/mol. The maximum absolute atomic E-state index is 12.5. The Morgan fingerprint density at radius 3 is 2.53 bits per heavy atom. The van der Waals surface area contributed by atoms with Gasteiger partial charge in [-0.05, 0) is 31.2 Å². The Bertz CT molecular complexity index is 416. The monoisotopic (exact) mass is 260 g/mol. The Hall–Kier alpha value is -1.35. The number of carbonyl (C=O) groups is 1. The first-order chi connectivity index (χ1) is 9.09. The molecule has 104 valence electrons. The van der Waals surface area contributed by atoms with Gasteiger partial charge in [-0.15, -0.1) is 0 Å². The summed E-state index contributed by atoms with van der Waals surface area (Å²) >= 11 is 0. The fourth-order valence-electron chi connectivity index (χ4n) is 2.53. The number of benzene rings is 1. The van der Waals surface area contributed by atoms with Crippen LogP contribution in [0.1, 0.15) is 45.2 Å². The summed E-state index contributed by atoms with van der Waals surface area (Å²) in [7, 11) is 0. The third kappa shape index (κ3) is 3.35. The van der Waals surface area contributed by atoms with Crippen molar-refractivity contribution in [2.45, 2.75) is 45.7 Å². The first-order valence-corrected chi connectivity index (χ1v) is 7.18. The van der Waals surface area contributed by atoms with Crippen LogP contribution in [-0.4, -0.2) is 23.5 Å². The number of nitrogens with zero attached hydrogens (tertiary/aromatic N) is 1. The fraction of sp³-hybridized carbons (Fsp3) is 0.562. The van der Waals surface area contributed by atoms with E-state index in [4.69, 9.17) is 0 Å². The highest BCUT2D eigenvalue weighted by atomic mass is 16.2. The second-order valence-electron chi connectivity index (χ2n) is 5.83. The van der Waals surface area contributed by atoms with Crippen molar-refractivity contribution in [3.8, 4) is 0 Å². The van der Waals surface area contributed by atoms with E-state index in [1.54, 1.807) is 0 Å². The van der Waals surface area contributed by atoms with Gasteiger partial charge in [0, 0.05) is 6.04 Å². The van der Waals surface area contributed by atoms with Crippen LogP contribution in [0.5, 0.6) is 0 Å². The second-order valence-corrected chi connectivity index (χ2v) is 5.83. The lowest BCUT2D eigenvalue weighted by Crippen LogP contribution is -2.35. The van der Waals surface area contributed by atoms with E-state index in [0.29, 0.717) is 18.6 Å². The van der Waals surface area contributed by atoms with E-state index in [1.165, 1.54) is 6.42 Å². The Balaban J connectivity index is 1.98. The van der Waals surface area contributed by atoms with Crippen LogP contribution >= 0.6 is 0 Å². The average Bonchev–Trinajstić information content (AvgIpc) is 2.79. The van der Waals surface area contributed by atoms with Gasteiger partial charge < -0.3 is 4.90 Å². The van der Waals surface area contributed by atoms with Crippen LogP contribution in [-0.2, 0) is 4.79 Å². The highest BCUT2D eigenvalue weighted by molar-refractivity contribution is 5.85. The molecule has 1 N–H and O–H groups in total. The number of hydrogen-bond donors (Lipinski definition) is 1. The molecule has 1 amide bonds. The van der Waals surface area contributed by atoms with Crippen molar-refractivity contribution in [1.29, 1.82) is 0 Å². The number of amides is 1. The van der Waals surface area contributed by atoms with Gasteiger partial charge in [0.15, 0.2) is 0 Å². The van der Waals surface area contributed by atoms with E-state index >= 15 is 0 Å². The highest BCUT2D eigenvalue weighted by Crippen LogP contribution is 2.23. The van der Waals surface area contributed by atoms with Crippen molar-refractivity contribution in [1.82, 2.24) is 10.2 Å². The molecule has 1 aliphatic heterocycles. The van der Waals surface area contributed by atoms with Crippen molar-refractivity contribution >= 4 is 5.91 Å². The molecule has 3 heteroatoms. The van der Waals surface area contributed by atoms with E-state index in [0.717, 1.165) is 12.0 Å². The molecule has 2 rings (SSSR count). The normalized spacial score (nSPS) is 21.2. The summed E-state index contributed by atoms with van der Waals surface area (Å²) in [5.74, 6) is 0.903. The molecule has 1 aromatic rings. The molecule has 1 aromatic carbocycles. The lowest BCUT2D eigenvalue weighted by molar-refractivity contribution is -0.130. The molecule has 3 nitrogen and oxygen atoms in total. The minimum Gasteiger partial charge on any atom is -0.326 e. The zero-order chi connectivity index (χ0) is 13.8. The summed E-state index contributed by atoms with van der Waals surface area (Å²) < 4.78 is 0. The van der Waals surface area contributed by atoms with Gasteiger partial charge in [0.25, 0.3) is 0 Å². The molecule has 2 atom stereocenters. The highest BCUT2D eigenvalue weighted by Gasteiger charge is 2.34. The lowest BCUT2D eigenvalue weighted by atomic mass is 10.0. The molecule has 0 spiro atoms. The number of carbonyl (C=O) groups excluding carboxylic acids is 1. The van der Waals surface area contributed by atoms with Gasteiger partial charge in [-0.2, -0.15) is 0 Å². The van der Waals surface area contributed by atoms with Gasteiger partial charge >= 0.3 is 0 Å². The first kappa shape index (κ1) is 14.1. The molecule has 0 saturated carbocycles. The molecular formula is C16H24N2O. The van der Waals surface area contributed by atoms with Crippen LogP contribution < -0.4 is 5.32 Å². The van der Waals surface area contributed by atoms with Crippen LogP contribution in [0, 0.1) is 5.92 Å². The SMILES string of the molecule is CC(C)CCC(C)N1CNC(c2ccccc2)C1=O. The molecule has 0 radical (unpaired) electrons. The number of rotatable bonds is 5. The van der Waals surface area contributed by atoms with Gasteiger partial charge in [0.2, 0.25) is 5.91 Å². The molecule has 1 heterocycles. The van der Waals surface area contributed by atoms with E-state index in [-0.39, 0.29) is 11.9 Å². The zero-order valence-electron chi connectivity index (χ0n) is 12.1. The Morgan fingerprint density at radius 2 is 1.89 bits per heavy atom. The van der Waals surface area contributed by atoms with Crippen LogP contribution in [0.2, 0.25) is 0 Å². The van der Waals surface area contributed by atoms with Crippen LogP contribution in [0.4, 0.5) is 0 Å². The maximum atomic E-state index is 12.5. The fourth-order valence-corrected chi connectivity index (χ4v) is 2.53. The molecular weight excluding hydrogens is 236 g/mol. The van der Waals surface area contributed by atoms with Crippen molar-refractivity contribution in [2.24, 2.45) is 5.92 Å². The quantitative estimate of drug-likeness (QED) is 0.883. The van der Waals surface area contributed by atoms with Gasteiger partial charge in [-0.1, -0.05) is 44.2 Å². The summed E-state index contributed by atoms with van der Waals surface area (Å²) in [4.78, 5) is 14.4. The molecule has 0 aromatic heterocycles. The van der Waals surface area contributed by atoms with Crippen LogP contribution in [0.25, 0.3) is 0 Å². The van der Waals surface area contributed by atoms with Gasteiger partial charge in [-0.3, -0.25) is 10.1 Å². The summed E-state index contributed by atoms with van der Waals surface area (Å²) in [6.07, 6.45) is 2.24. The summed E-state index contributed by atoms with van der Waals surface area (Å²) in [6.45, 7) is 7.26. The summed E-state index contributed by atoms with van der Waals surface area (Å²) in [5.41, 5.74) is 1.06. The summed E-state index contributed by atoms with van der Waals surface area (Å²) in [5, 5.41) is 3.32. The lowest BCUT2D eigenvalue weighted by Gasteiger charge is -2.24. The van der Waals surface area contributed by atoms with E-state index in [2.05, 4.69) is 26.1 Å². The van der Waals surface area contributed by atoms with Gasteiger partial charge in [0.05, 0.1) is 6.67 Å². The Morgan fingerprint density at radius 1 is 1.21 bits per heavy atom. The number of nitrogens with one attached hydrogen (secondary N) is 1. The topological polar surface area (TPSA) is 32.3 Å². The predicted octanol–water partition coefficient (Wildman–Crippen LogP) is 2.94. The van der Waals surface area contributed by atoms with E-state index in [9.17, 15) is 4.79 Å². The van der Waals surface area contributed by atoms with E-state index < -0.39 is 0 Å². The molecule has 1 aliphatic rings. The standard InChI is InChI=1S/C16H24N2O/c1-12(2)9-10-13(3)18-11-17-15(16(18)19)14-7-5-4-6-8-14/h4-8,12-13,15,17H,9-11H2,1-3H3. The third-order valence-corrected chi connectivity index (χ3v) is 3.82. The van der Waals surface area contributed by atoms with Gasteiger partial charge in [0.1, 0.15) is 6.04 Å². The van der Waals surface area contributed by atoms with Crippen molar-refractivity contribution in [3.63, 3.8) is 0 Å². The molecule has 19 heavy (non-hydrogen) atoms. The first-order valence-electron chi connectivity index (χ1n) is 7.18. The predicted molar refractivity (Wildman–Crippen MR) is 77.6 cm³/mol. The maximum Gasteiger partial charge on any atom is 0.245 e. The summed E-state index contributed by atoms with van der Waals surface area (Å²) in [6, 6.07) is 10.1. The molecule has 0 aliphatic carbocycles. The van der Waals surface area contributed by atoms with Crippen molar-refractivity contribution in [3.05, 3.63) is 35.9 Å². The Labute approximate surface area is 116 Å². The van der Waals surface area contributed by atoms with Crippen LogP contribution in [0.3, 0.4) is 0 Å². The smallest absolute Gasteiger partial charge is 0.245 e. The van der Waals surface area contributed by atoms with Crippen LogP contribution in [0.15, 0.2) is 30.3 Å². The molecule has 0 bridgehead atoms. The minimum atomic E-state index is -0.164. The minimum absolute atomic E-state index is 0.164.